The van der Waals surface area contributed by atoms with Crippen LogP contribution in [0.1, 0.15) is 28.9 Å². The first-order valence-electron chi connectivity index (χ1n) is 12.2. The van der Waals surface area contributed by atoms with Gasteiger partial charge in [0.05, 0.1) is 34.6 Å². The van der Waals surface area contributed by atoms with Crippen molar-refractivity contribution in [3.05, 3.63) is 90.4 Å². The minimum absolute atomic E-state index is 0.0967. The highest BCUT2D eigenvalue weighted by molar-refractivity contribution is 6.07. The number of nitrogens with one attached hydrogen (secondary N) is 1. The van der Waals surface area contributed by atoms with E-state index < -0.39 is 5.91 Å². The molecule has 1 aliphatic heterocycles. The molecule has 0 radical (unpaired) electrons. The number of hydrogen-bond donors (Lipinski definition) is 3. The summed E-state index contributed by atoms with van der Waals surface area (Å²) in [7, 11) is 0. The second kappa shape index (κ2) is 11.0. The van der Waals surface area contributed by atoms with Gasteiger partial charge in [0.25, 0.3) is 5.91 Å². The van der Waals surface area contributed by atoms with Crippen LogP contribution < -0.4 is 26.4 Å². The second-order valence-corrected chi connectivity index (χ2v) is 8.96. The van der Waals surface area contributed by atoms with E-state index in [1.807, 2.05) is 48.5 Å². The molecule has 0 saturated carbocycles. The van der Waals surface area contributed by atoms with Crippen LogP contribution in [0.15, 0.2) is 79.1 Å². The third-order valence-corrected chi connectivity index (χ3v) is 6.20. The van der Waals surface area contributed by atoms with Crippen LogP contribution in [0.5, 0.6) is 5.88 Å². The highest BCUT2D eigenvalue weighted by Crippen LogP contribution is 2.28. The number of nitrogens with two attached hydrogens (primary N) is 2. The fourth-order valence-electron chi connectivity index (χ4n) is 4.33. The Morgan fingerprint density at radius 1 is 1.03 bits per heavy atom. The van der Waals surface area contributed by atoms with Crippen LogP contribution in [0.3, 0.4) is 0 Å². The molecular weight excluding hydrogens is 466 g/mol. The molecule has 9 heteroatoms. The molecule has 5 N–H and O–H groups in total. The molecule has 0 spiro atoms. The van der Waals surface area contributed by atoms with Crippen LogP contribution in [-0.2, 0) is 6.61 Å². The molecule has 5 rings (SSSR count). The van der Waals surface area contributed by atoms with Gasteiger partial charge >= 0.3 is 0 Å². The van der Waals surface area contributed by atoms with Crippen molar-refractivity contribution in [1.82, 2.24) is 15.0 Å². The normalized spacial score (nSPS) is 15.3. The zero-order chi connectivity index (χ0) is 25.6. The molecule has 188 valence electrons. The molecule has 1 amide bonds. The zero-order valence-corrected chi connectivity index (χ0v) is 20.4. The zero-order valence-electron chi connectivity index (χ0n) is 20.4. The van der Waals surface area contributed by atoms with Crippen molar-refractivity contribution in [1.29, 1.82) is 0 Å². The molecule has 37 heavy (non-hydrogen) atoms. The molecule has 9 nitrogen and oxygen atoms in total. The first-order valence-corrected chi connectivity index (χ1v) is 12.2. The summed E-state index contributed by atoms with van der Waals surface area (Å²) in [6.45, 7) is 1.98. The Morgan fingerprint density at radius 2 is 1.86 bits per heavy atom. The molecule has 4 aromatic rings. The first kappa shape index (κ1) is 24.2. The number of pyridine rings is 3. The van der Waals surface area contributed by atoms with Gasteiger partial charge < -0.3 is 26.4 Å². The maximum Gasteiger partial charge on any atom is 0.276 e. The Hall–Kier alpha value is -4.50. The van der Waals surface area contributed by atoms with E-state index in [-0.39, 0.29) is 17.4 Å². The van der Waals surface area contributed by atoms with E-state index >= 15 is 0 Å². The molecule has 1 saturated heterocycles. The lowest BCUT2D eigenvalue weighted by Crippen LogP contribution is -2.43. The standard InChI is InChI=1S/C28H29N7O2/c29-20-8-5-15-35(17-20)25-13-14-31-16-24(25)34-28(36)27-21(30)11-12-23(33-27)22-9-4-10-26(32-22)37-18-19-6-2-1-3-7-19/h1-4,6-7,9-14,16,20H,5,8,15,17-18,29-30H2,(H,34,36)/t20-/m0/s1. The van der Waals surface area contributed by atoms with Gasteiger partial charge in [-0.1, -0.05) is 36.4 Å². The van der Waals surface area contributed by atoms with Crippen molar-refractivity contribution in [2.45, 2.75) is 25.5 Å². The van der Waals surface area contributed by atoms with Crippen molar-refractivity contribution in [3.8, 4) is 17.3 Å². The van der Waals surface area contributed by atoms with Crippen molar-refractivity contribution < 1.29 is 9.53 Å². The average Bonchev–Trinajstić information content (AvgIpc) is 2.93. The molecule has 1 fully saturated rings. The van der Waals surface area contributed by atoms with Crippen molar-refractivity contribution in [3.63, 3.8) is 0 Å². The molecule has 1 aromatic carbocycles. The van der Waals surface area contributed by atoms with Gasteiger partial charge in [0, 0.05) is 31.4 Å². The average molecular weight is 496 g/mol. The van der Waals surface area contributed by atoms with Gasteiger partial charge in [-0.2, -0.15) is 0 Å². The lowest BCUT2D eigenvalue weighted by atomic mass is 10.1. The molecule has 0 aliphatic carbocycles. The monoisotopic (exact) mass is 495 g/mol. The highest BCUT2D eigenvalue weighted by Gasteiger charge is 2.21. The number of nitrogen functional groups attached to an aromatic ring is 1. The van der Waals surface area contributed by atoms with Crippen LogP contribution in [0.25, 0.3) is 11.4 Å². The molecule has 1 atom stereocenters. The summed E-state index contributed by atoms with van der Waals surface area (Å²) in [5.41, 5.74) is 16.3. The predicted molar refractivity (Wildman–Crippen MR) is 144 cm³/mol. The van der Waals surface area contributed by atoms with E-state index in [4.69, 9.17) is 16.2 Å². The summed E-state index contributed by atoms with van der Waals surface area (Å²) in [6.07, 6.45) is 5.32. The van der Waals surface area contributed by atoms with Gasteiger partial charge in [-0.05, 0) is 42.7 Å². The number of anilines is 3. The van der Waals surface area contributed by atoms with E-state index in [2.05, 4.69) is 25.2 Å². The van der Waals surface area contributed by atoms with Crippen LogP contribution in [0.4, 0.5) is 17.1 Å². The van der Waals surface area contributed by atoms with Crippen LogP contribution >= 0.6 is 0 Å². The van der Waals surface area contributed by atoms with Crippen molar-refractivity contribution in [2.24, 2.45) is 5.73 Å². The van der Waals surface area contributed by atoms with E-state index in [9.17, 15) is 4.79 Å². The third kappa shape index (κ3) is 5.84. The van der Waals surface area contributed by atoms with Gasteiger partial charge in [-0.15, -0.1) is 0 Å². The number of rotatable bonds is 7. The molecular formula is C28H29N7O2. The molecule has 4 heterocycles. The lowest BCUT2D eigenvalue weighted by Gasteiger charge is -2.33. The number of amides is 1. The number of benzene rings is 1. The predicted octanol–water partition coefficient (Wildman–Crippen LogP) is 3.88. The van der Waals surface area contributed by atoms with Gasteiger partial charge in [0.2, 0.25) is 5.88 Å². The Morgan fingerprint density at radius 3 is 2.70 bits per heavy atom. The van der Waals surface area contributed by atoms with Gasteiger partial charge in [0.15, 0.2) is 5.69 Å². The number of hydrogen-bond acceptors (Lipinski definition) is 8. The van der Waals surface area contributed by atoms with Crippen molar-refractivity contribution in [2.75, 3.05) is 29.0 Å². The highest BCUT2D eigenvalue weighted by atomic mass is 16.5. The molecule has 3 aromatic heterocycles. The topological polar surface area (TPSA) is 132 Å². The number of ether oxygens (including phenoxy) is 1. The smallest absolute Gasteiger partial charge is 0.276 e. The summed E-state index contributed by atoms with van der Waals surface area (Å²) in [4.78, 5) is 28.8. The minimum atomic E-state index is -0.425. The number of carbonyl (C=O) groups excluding carboxylic acids is 1. The second-order valence-electron chi connectivity index (χ2n) is 8.96. The Bertz CT molecular complexity index is 1380. The van der Waals surface area contributed by atoms with E-state index in [0.29, 0.717) is 29.6 Å². The van der Waals surface area contributed by atoms with Crippen LogP contribution in [-0.4, -0.2) is 40.0 Å². The Balaban J connectivity index is 1.35. The number of carbonyl (C=O) groups is 1. The summed E-state index contributed by atoms with van der Waals surface area (Å²) >= 11 is 0. The summed E-state index contributed by atoms with van der Waals surface area (Å²) < 4.78 is 5.85. The largest absolute Gasteiger partial charge is 0.473 e. The number of nitrogens with zero attached hydrogens (tertiary/aromatic N) is 4. The minimum Gasteiger partial charge on any atom is -0.473 e. The van der Waals surface area contributed by atoms with Gasteiger partial charge in [0.1, 0.15) is 6.61 Å². The van der Waals surface area contributed by atoms with E-state index in [1.54, 1.807) is 30.6 Å². The summed E-state index contributed by atoms with van der Waals surface area (Å²) in [6, 6.07) is 20.7. The van der Waals surface area contributed by atoms with Crippen LogP contribution in [0, 0.1) is 0 Å². The quantitative estimate of drug-likeness (QED) is 0.352. The lowest BCUT2D eigenvalue weighted by molar-refractivity contribution is 0.102. The summed E-state index contributed by atoms with van der Waals surface area (Å²) in [5, 5.41) is 2.94. The first-order chi connectivity index (χ1) is 18.1. The van der Waals surface area contributed by atoms with Gasteiger partial charge in [-0.3, -0.25) is 9.78 Å². The Kier molecular flexibility index (Phi) is 7.23. The molecule has 0 unspecified atom stereocenters. The van der Waals surface area contributed by atoms with Gasteiger partial charge in [-0.25, -0.2) is 9.97 Å². The fraction of sp³-hybridized carbons (Fsp3) is 0.214. The Labute approximate surface area is 215 Å². The SMILES string of the molecule is Nc1ccc(-c2cccc(OCc3ccccc3)n2)nc1C(=O)Nc1cnccc1N1CCC[C@H](N)C1. The number of aromatic nitrogens is 3. The van der Waals surface area contributed by atoms with E-state index in [1.165, 1.54) is 0 Å². The maximum absolute atomic E-state index is 13.3. The van der Waals surface area contributed by atoms with E-state index in [0.717, 1.165) is 37.2 Å². The molecule has 0 bridgehead atoms. The fourth-order valence-corrected chi connectivity index (χ4v) is 4.33. The maximum atomic E-state index is 13.3. The molecule has 1 aliphatic rings. The van der Waals surface area contributed by atoms with Crippen LogP contribution in [0.2, 0.25) is 0 Å². The summed E-state index contributed by atoms with van der Waals surface area (Å²) in [5.74, 6) is 0.0390. The number of piperidine rings is 1. The van der Waals surface area contributed by atoms with Crippen molar-refractivity contribution >= 4 is 23.0 Å². The third-order valence-electron chi connectivity index (χ3n) is 6.20.